The summed E-state index contributed by atoms with van der Waals surface area (Å²) < 4.78 is 0. The molecule has 0 aliphatic heterocycles. The Morgan fingerprint density at radius 1 is 0.585 bits per heavy atom. The second kappa shape index (κ2) is 30.6. The maximum Gasteiger partial charge on any atom is 0.222 e. The molecule has 0 aliphatic rings. The van der Waals surface area contributed by atoms with Gasteiger partial charge in [0.25, 0.3) is 0 Å². The van der Waals surface area contributed by atoms with Crippen LogP contribution < -0.4 is 5.32 Å². The third kappa shape index (κ3) is 29.0. The van der Waals surface area contributed by atoms with E-state index in [2.05, 4.69) is 38.2 Å². The fourth-order valence-electron chi connectivity index (χ4n) is 5.75. The van der Waals surface area contributed by atoms with Gasteiger partial charge in [0.2, 0.25) is 5.91 Å². The average molecular weight is 578 g/mol. The number of carbonyl (C=O) groups excluding carboxylic acids is 1. The highest BCUT2D eigenvalue weighted by atomic mass is 16.3. The summed E-state index contributed by atoms with van der Waals surface area (Å²) in [5, 5.41) is 13.8. The molecule has 0 aliphatic carbocycles. The molecule has 0 radical (unpaired) electrons. The van der Waals surface area contributed by atoms with Gasteiger partial charge in [-0.2, -0.15) is 0 Å². The largest absolute Gasteiger partial charge is 0.371 e. The van der Waals surface area contributed by atoms with Gasteiger partial charge in [-0.3, -0.25) is 4.79 Å². The van der Waals surface area contributed by atoms with Crippen LogP contribution in [-0.4, -0.2) is 16.7 Å². The van der Waals surface area contributed by atoms with Crippen molar-refractivity contribution < 1.29 is 9.90 Å². The lowest BCUT2D eigenvalue weighted by Crippen LogP contribution is -2.50. The molecule has 0 aromatic rings. The Morgan fingerprint density at radius 3 is 1.34 bits per heavy atom. The van der Waals surface area contributed by atoms with E-state index < -0.39 is 5.72 Å². The maximum absolute atomic E-state index is 12.4. The minimum atomic E-state index is -1.10. The van der Waals surface area contributed by atoms with Crippen molar-refractivity contribution in [2.45, 2.75) is 220 Å². The third-order valence-corrected chi connectivity index (χ3v) is 9.01. The number of aliphatic hydroxyl groups is 1. The van der Waals surface area contributed by atoms with E-state index in [0.717, 1.165) is 25.7 Å². The molecule has 2 N–H and O–H groups in total. The van der Waals surface area contributed by atoms with Crippen LogP contribution in [0.2, 0.25) is 0 Å². The van der Waals surface area contributed by atoms with Crippen molar-refractivity contribution in [3.8, 4) is 0 Å². The van der Waals surface area contributed by atoms with Crippen LogP contribution >= 0.6 is 0 Å². The Morgan fingerprint density at radius 2 is 0.927 bits per heavy atom. The van der Waals surface area contributed by atoms with Crippen molar-refractivity contribution in [3.05, 3.63) is 12.2 Å². The van der Waals surface area contributed by atoms with Crippen LogP contribution in [0.3, 0.4) is 0 Å². The molecule has 0 saturated carbocycles. The molecule has 3 heteroatoms. The predicted octanol–water partition coefficient (Wildman–Crippen LogP) is 12.4. The van der Waals surface area contributed by atoms with Crippen LogP contribution in [0.1, 0.15) is 214 Å². The van der Waals surface area contributed by atoms with Crippen molar-refractivity contribution in [1.82, 2.24) is 5.32 Å². The molecular weight excluding hydrogens is 502 g/mol. The molecule has 0 aromatic carbocycles. The number of rotatable bonds is 32. The lowest BCUT2D eigenvalue weighted by atomic mass is 9.92. The monoisotopic (exact) mass is 578 g/mol. The van der Waals surface area contributed by atoms with Crippen LogP contribution in [0, 0.1) is 5.92 Å². The second-order valence-corrected chi connectivity index (χ2v) is 13.3. The van der Waals surface area contributed by atoms with Gasteiger partial charge in [0, 0.05) is 12.3 Å². The molecule has 0 rings (SSSR count). The quantitative estimate of drug-likeness (QED) is 0.0474. The summed E-state index contributed by atoms with van der Waals surface area (Å²) in [6.45, 7) is 8.41. The van der Waals surface area contributed by atoms with Gasteiger partial charge in [-0.1, -0.05) is 174 Å². The molecule has 0 bridgehead atoms. The van der Waals surface area contributed by atoms with E-state index >= 15 is 0 Å². The highest BCUT2D eigenvalue weighted by Gasteiger charge is 2.29. The lowest BCUT2D eigenvalue weighted by Gasteiger charge is -2.31. The van der Waals surface area contributed by atoms with E-state index in [1.165, 1.54) is 154 Å². The van der Waals surface area contributed by atoms with Crippen LogP contribution in [0.5, 0.6) is 0 Å². The highest BCUT2D eigenvalue weighted by Crippen LogP contribution is 2.22. The van der Waals surface area contributed by atoms with E-state index in [-0.39, 0.29) is 11.8 Å². The summed E-state index contributed by atoms with van der Waals surface area (Å²) >= 11 is 0. The summed E-state index contributed by atoms with van der Waals surface area (Å²) in [7, 11) is 0. The molecule has 0 fully saturated rings. The second-order valence-electron chi connectivity index (χ2n) is 13.3. The summed E-state index contributed by atoms with van der Waals surface area (Å²) in [4.78, 5) is 12.4. The molecule has 244 valence electrons. The van der Waals surface area contributed by atoms with Crippen LogP contribution in [-0.2, 0) is 4.79 Å². The van der Waals surface area contributed by atoms with E-state index in [9.17, 15) is 9.90 Å². The number of amides is 1. The average Bonchev–Trinajstić information content (AvgIpc) is 2.94. The van der Waals surface area contributed by atoms with Crippen molar-refractivity contribution in [2.75, 3.05) is 0 Å². The number of allylic oxidation sites excluding steroid dienone is 2. The SMILES string of the molecule is CCCCCCCC/C=C\CCCCCCCC(=O)NC(C)(O)C(C)CCCCCCCCCCCCCCCC. The number of hydrogen-bond acceptors (Lipinski definition) is 2. The zero-order chi connectivity index (χ0) is 30.3. The van der Waals surface area contributed by atoms with Gasteiger partial charge in [-0.15, -0.1) is 0 Å². The highest BCUT2D eigenvalue weighted by molar-refractivity contribution is 5.76. The third-order valence-electron chi connectivity index (χ3n) is 9.01. The Bertz CT molecular complexity index is 571. The normalized spacial score (nSPS) is 14.0. The predicted molar refractivity (Wildman–Crippen MR) is 182 cm³/mol. The van der Waals surface area contributed by atoms with Gasteiger partial charge in [-0.05, 0) is 45.4 Å². The number of nitrogens with one attached hydrogen (secondary N) is 1. The number of carbonyl (C=O) groups is 1. The van der Waals surface area contributed by atoms with E-state index in [4.69, 9.17) is 0 Å². The van der Waals surface area contributed by atoms with Gasteiger partial charge < -0.3 is 10.4 Å². The molecular formula is C38H75NO2. The lowest BCUT2D eigenvalue weighted by molar-refractivity contribution is -0.131. The molecule has 1 amide bonds. The van der Waals surface area contributed by atoms with Crippen molar-refractivity contribution in [2.24, 2.45) is 5.92 Å². The van der Waals surface area contributed by atoms with Crippen LogP contribution in [0.25, 0.3) is 0 Å². The first-order valence-corrected chi connectivity index (χ1v) is 18.6. The Labute approximate surface area is 258 Å². The van der Waals surface area contributed by atoms with Gasteiger partial charge >= 0.3 is 0 Å². The maximum atomic E-state index is 12.4. The molecule has 0 spiro atoms. The fourth-order valence-corrected chi connectivity index (χ4v) is 5.75. The number of unbranched alkanes of at least 4 members (excludes halogenated alkanes) is 24. The molecule has 0 saturated heterocycles. The Balaban J connectivity index is 3.58. The zero-order valence-electron chi connectivity index (χ0n) is 28.6. The van der Waals surface area contributed by atoms with Crippen LogP contribution in [0.15, 0.2) is 12.2 Å². The van der Waals surface area contributed by atoms with Crippen molar-refractivity contribution in [3.63, 3.8) is 0 Å². The fraction of sp³-hybridized carbons (Fsp3) is 0.921. The standard InChI is InChI=1S/C38H75NO2/c1-5-7-9-11-13-15-17-19-21-23-25-27-29-31-33-35-37(40)39-38(4,41)36(3)34-32-30-28-26-24-22-20-18-16-14-12-10-8-6-2/h19,21,36,41H,5-18,20,22-35H2,1-4H3,(H,39,40)/b21-19-. The van der Waals surface area contributed by atoms with Crippen molar-refractivity contribution in [1.29, 1.82) is 0 Å². The zero-order valence-corrected chi connectivity index (χ0v) is 28.6. The van der Waals surface area contributed by atoms with E-state index in [1.807, 2.05) is 0 Å². The minimum absolute atomic E-state index is 0.000404. The van der Waals surface area contributed by atoms with Gasteiger partial charge in [-0.25, -0.2) is 0 Å². The smallest absolute Gasteiger partial charge is 0.222 e. The van der Waals surface area contributed by atoms with Gasteiger partial charge in [0.05, 0.1) is 0 Å². The van der Waals surface area contributed by atoms with Crippen LogP contribution in [0.4, 0.5) is 0 Å². The van der Waals surface area contributed by atoms with Gasteiger partial charge in [0.1, 0.15) is 5.72 Å². The first kappa shape index (κ1) is 40.2. The van der Waals surface area contributed by atoms with E-state index in [1.54, 1.807) is 6.92 Å². The van der Waals surface area contributed by atoms with Crippen molar-refractivity contribution >= 4 is 5.91 Å². The molecule has 2 unspecified atom stereocenters. The van der Waals surface area contributed by atoms with E-state index in [0.29, 0.717) is 6.42 Å². The molecule has 0 aromatic heterocycles. The first-order valence-electron chi connectivity index (χ1n) is 18.6. The molecule has 3 nitrogen and oxygen atoms in total. The Hall–Kier alpha value is -0.830. The molecule has 41 heavy (non-hydrogen) atoms. The Kier molecular flexibility index (Phi) is 30.0. The summed E-state index contributed by atoms with van der Waals surface area (Å²) in [6.07, 6.45) is 41.7. The molecule has 0 heterocycles. The summed E-state index contributed by atoms with van der Waals surface area (Å²) in [5.41, 5.74) is -1.10. The molecule has 2 atom stereocenters. The van der Waals surface area contributed by atoms with Gasteiger partial charge in [0.15, 0.2) is 0 Å². The summed E-state index contributed by atoms with van der Waals surface area (Å²) in [5.74, 6) is 0.0818. The summed E-state index contributed by atoms with van der Waals surface area (Å²) in [6, 6.07) is 0. The number of hydrogen-bond donors (Lipinski definition) is 2. The first-order chi connectivity index (χ1) is 19.9. The minimum Gasteiger partial charge on any atom is -0.371 e. The topological polar surface area (TPSA) is 49.3 Å².